The lowest BCUT2D eigenvalue weighted by molar-refractivity contribution is -0.385. The highest BCUT2D eigenvalue weighted by atomic mass is 19.1. The molecular weight excluding hydrogens is 255 g/mol. The van der Waals surface area contributed by atoms with E-state index in [4.69, 9.17) is 9.47 Å². The highest BCUT2D eigenvalue weighted by Crippen LogP contribution is 2.24. The zero-order chi connectivity index (χ0) is 14.0. The van der Waals surface area contributed by atoms with Gasteiger partial charge in [-0.3, -0.25) is 10.1 Å². The van der Waals surface area contributed by atoms with Crippen molar-refractivity contribution in [3.63, 3.8) is 0 Å². The van der Waals surface area contributed by atoms with Crippen molar-refractivity contribution >= 4 is 11.4 Å². The molecule has 1 atom stereocenters. The average Bonchev–Trinajstić information content (AvgIpc) is 2.67. The molecule has 0 aliphatic carbocycles. The molecule has 0 aromatic heterocycles. The van der Waals surface area contributed by atoms with Crippen LogP contribution in [-0.4, -0.2) is 30.0 Å². The molecule has 1 aliphatic rings. The number of nitrogens with one attached hydrogen (secondary N) is 1. The van der Waals surface area contributed by atoms with Crippen molar-refractivity contribution in [2.24, 2.45) is 0 Å². The highest BCUT2D eigenvalue weighted by Gasteiger charge is 2.32. The maximum atomic E-state index is 13.6. The molecule has 104 valence electrons. The van der Waals surface area contributed by atoms with Crippen molar-refractivity contribution < 1.29 is 18.8 Å². The van der Waals surface area contributed by atoms with Crippen molar-refractivity contribution in [1.29, 1.82) is 0 Å². The monoisotopic (exact) mass is 270 g/mol. The van der Waals surface area contributed by atoms with Gasteiger partial charge in [0.15, 0.2) is 11.6 Å². The van der Waals surface area contributed by atoms with Crippen LogP contribution in [0.4, 0.5) is 15.8 Å². The molecule has 0 bridgehead atoms. The van der Waals surface area contributed by atoms with Crippen LogP contribution in [0.2, 0.25) is 0 Å². The topological polar surface area (TPSA) is 73.6 Å². The second-order valence-corrected chi connectivity index (χ2v) is 4.75. The first kappa shape index (κ1) is 13.7. The molecule has 0 spiro atoms. The fourth-order valence-electron chi connectivity index (χ4n) is 1.85. The number of nitro groups is 1. The smallest absolute Gasteiger partial charge is 0.272 e. The van der Waals surface area contributed by atoms with Crippen LogP contribution in [0.15, 0.2) is 18.2 Å². The first-order valence-electron chi connectivity index (χ1n) is 5.87. The summed E-state index contributed by atoms with van der Waals surface area (Å²) in [5.74, 6) is -1.28. The van der Waals surface area contributed by atoms with Crippen molar-refractivity contribution in [3.8, 4) is 0 Å². The van der Waals surface area contributed by atoms with Crippen LogP contribution in [0.5, 0.6) is 0 Å². The number of ether oxygens (including phenoxy) is 2. The molecule has 0 saturated carbocycles. The molecule has 0 radical (unpaired) electrons. The summed E-state index contributed by atoms with van der Waals surface area (Å²) in [6.07, 6.45) is -0.176. The molecule has 1 saturated heterocycles. The largest absolute Gasteiger partial charge is 0.380 e. The Kier molecular flexibility index (Phi) is 3.68. The van der Waals surface area contributed by atoms with E-state index in [2.05, 4.69) is 5.32 Å². The fourth-order valence-corrected chi connectivity index (χ4v) is 1.85. The maximum Gasteiger partial charge on any atom is 0.272 e. The van der Waals surface area contributed by atoms with Gasteiger partial charge in [0.25, 0.3) is 5.69 Å². The van der Waals surface area contributed by atoms with E-state index >= 15 is 0 Å². The Hall–Kier alpha value is -1.73. The van der Waals surface area contributed by atoms with Gasteiger partial charge >= 0.3 is 0 Å². The van der Waals surface area contributed by atoms with Crippen LogP contribution < -0.4 is 5.32 Å². The van der Waals surface area contributed by atoms with Gasteiger partial charge in [-0.15, -0.1) is 0 Å². The quantitative estimate of drug-likeness (QED) is 0.671. The molecule has 1 fully saturated rings. The highest BCUT2D eigenvalue weighted by molar-refractivity contribution is 5.50. The van der Waals surface area contributed by atoms with Crippen molar-refractivity contribution in [2.75, 3.05) is 18.5 Å². The normalized spacial score (nSPS) is 21.3. The Morgan fingerprint density at radius 3 is 2.84 bits per heavy atom. The molecule has 1 aliphatic heterocycles. The number of nitro benzene ring substituents is 1. The zero-order valence-electron chi connectivity index (χ0n) is 10.7. The summed E-state index contributed by atoms with van der Waals surface area (Å²) in [5, 5.41) is 13.3. The lowest BCUT2D eigenvalue weighted by Gasteiger charge is -2.17. The molecule has 19 heavy (non-hydrogen) atoms. The molecule has 1 aromatic rings. The molecule has 2 rings (SSSR count). The molecule has 1 N–H and O–H groups in total. The van der Waals surface area contributed by atoms with Crippen molar-refractivity contribution in [3.05, 3.63) is 34.1 Å². The third-order valence-electron chi connectivity index (χ3n) is 2.75. The fraction of sp³-hybridized carbons (Fsp3) is 0.500. The Morgan fingerprint density at radius 2 is 2.32 bits per heavy atom. The molecule has 7 heteroatoms. The Morgan fingerprint density at radius 1 is 1.58 bits per heavy atom. The summed E-state index contributed by atoms with van der Waals surface area (Å²) in [6, 6.07) is 3.48. The first-order valence-corrected chi connectivity index (χ1v) is 5.87. The SMILES string of the molecule is CC1(C)OC[C@H](CNc2ccc([N+](=O)[O-])cc2F)O1. The van der Waals surface area contributed by atoms with Crippen molar-refractivity contribution in [2.45, 2.75) is 25.7 Å². The van der Waals surface area contributed by atoms with Crippen LogP contribution in [-0.2, 0) is 9.47 Å². The summed E-state index contributed by atoms with van der Waals surface area (Å²) >= 11 is 0. The summed E-state index contributed by atoms with van der Waals surface area (Å²) in [5.41, 5.74) is -0.0662. The van der Waals surface area contributed by atoms with E-state index in [0.717, 1.165) is 6.07 Å². The van der Waals surface area contributed by atoms with E-state index in [1.54, 1.807) is 13.8 Å². The number of hydrogen-bond acceptors (Lipinski definition) is 5. The van der Waals surface area contributed by atoms with Gasteiger partial charge in [-0.05, 0) is 19.9 Å². The van der Waals surface area contributed by atoms with Gasteiger partial charge in [-0.2, -0.15) is 0 Å². The van der Waals surface area contributed by atoms with Gasteiger partial charge in [0, 0.05) is 12.6 Å². The van der Waals surface area contributed by atoms with E-state index < -0.39 is 16.5 Å². The molecule has 6 nitrogen and oxygen atoms in total. The molecule has 1 aromatic carbocycles. The lowest BCUT2D eigenvalue weighted by Crippen LogP contribution is -2.26. The van der Waals surface area contributed by atoms with E-state index in [1.807, 2.05) is 0 Å². The van der Waals surface area contributed by atoms with E-state index in [-0.39, 0.29) is 17.5 Å². The first-order chi connectivity index (χ1) is 8.87. The molecular formula is C12H15FN2O4. The summed E-state index contributed by atoms with van der Waals surface area (Å²) in [7, 11) is 0. The second-order valence-electron chi connectivity index (χ2n) is 4.75. The number of non-ortho nitro benzene ring substituents is 1. The maximum absolute atomic E-state index is 13.6. The van der Waals surface area contributed by atoms with Gasteiger partial charge in [-0.1, -0.05) is 0 Å². The van der Waals surface area contributed by atoms with Crippen molar-refractivity contribution in [1.82, 2.24) is 0 Å². The number of rotatable bonds is 4. The molecule has 1 heterocycles. The van der Waals surface area contributed by atoms with Gasteiger partial charge in [0.2, 0.25) is 0 Å². The number of halogens is 1. The Labute approximate surface area is 109 Å². The number of anilines is 1. The summed E-state index contributed by atoms with van der Waals surface area (Å²) < 4.78 is 24.5. The predicted octanol–water partition coefficient (Wildman–Crippen LogP) is 2.30. The second kappa shape index (κ2) is 5.10. The van der Waals surface area contributed by atoms with Crippen LogP contribution in [0.25, 0.3) is 0 Å². The van der Waals surface area contributed by atoms with E-state index in [0.29, 0.717) is 13.2 Å². The van der Waals surface area contributed by atoms with Crippen LogP contribution in [0, 0.1) is 15.9 Å². The third-order valence-corrected chi connectivity index (χ3v) is 2.75. The molecule has 0 unspecified atom stereocenters. The minimum Gasteiger partial charge on any atom is -0.380 e. The number of hydrogen-bond donors (Lipinski definition) is 1. The summed E-state index contributed by atoms with van der Waals surface area (Å²) in [4.78, 5) is 9.85. The zero-order valence-corrected chi connectivity index (χ0v) is 10.7. The van der Waals surface area contributed by atoms with Gasteiger partial charge < -0.3 is 14.8 Å². The van der Waals surface area contributed by atoms with E-state index in [1.165, 1.54) is 12.1 Å². The number of nitrogens with zero attached hydrogens (tertiary/aromatic N) is 1. The van der Waals surface area contributed by atoms with E-state index in [9.17, 15) is 14.5 Å². The van der Waals surface area contributed by atoms with Crippen LogP contribution >= 0.6 is 0 Å². The Bertz CT molecular complexity index is 493. The van der Waals surface area contributed by atoms with Crippen LogP contribution in [0.3, 0.4) is 0 Å². The summed E-state index contributed by atoms with van der Waals surface area (Å²) in [6.45, 7) is 4.41. The predicted molar refractivity (Wildman–Crippen MR) is 66.4 cm³/mol. The third kappa shape index (κ3) is 3.39. The van der Waals surface area contributed by atoms with Gasteiger partial charge in [0.1, 0.15) is 6.10 Å². The van der Waals surface area contributed by atoms with Gasteiger partial charge in [-0.25, -0.2) is 4.39 Å². The minimum atomic E-state index is -0.660. The minimum absolute atomic E-state index is 0.176. The molecule has 0 amide bonds. The Balaban J connectivity index is 1.95. The van der Waals surface area contributed by atoms with Gasteiger partial charge in [0.05, 0.1) is 23.3 Å². The lowest BCUT2D eigenvalue weighted by atomic mass is 10.2. The average molecular weight is 270 g/mol. The number of benzene rings is 1. The standard InChI is InChI=1S/C12H15FN2O4/c1-12(2)18-7-9(19-12)6-14-11-4-3-8(15(16)17)5-10(11)13/h3-5,9,14H,6-7H2,1-2H3/t9-/m0/s1. The van der Waals surface area contributed by atoms with Crippen LogP contribution in [0.1, 0.15) is 13.8 Å².